The summed E-state index contributed by atoms with van der Waals surface area (Å²) in [6.45, 7) is -0.750. The Balaban J connectivity index is 1.49. The van der Waals surface area contributed by atoms with E-state index in [1.54, 1.807) is 4.90 Å². The topological polar surface area (TPSA) is 49.9 Å². The van der Waals surface area contributed by atoms with Crippen molar-refractivity contribution in [3.63, 3.8) is 0 Å². The molecule has 3 aliphatic rings. The average Bonchev–Trinajstić information content (AvgIpc) is 3.45. The van der Waals surface area contributed by atoms with Crippen LogP contribution in [-0.4, -0.2) is 69.7 Å². The molecule has 35 heavy (non-hydrogen) atoms. The molecule has 3 fully saturated rings. The maximum Gasteiger partial charge on any atom is 0.417 e. The average molecular weight is 529 g/mol. The van der Waals surface area contributed by atoms with Gasteiger partial charge >= 0.3 is 12.4 Å². The number of nitrogens with zero attached hydrogens (tertiary/aromatic N) is 2. The summed E-state index contributed by atoms with van der Waals surface area (Å²) in [7, 11) is -4.25. The molecule has 2 saturated carbocycles. The van der Waals surface area contributed by atoms with Gasteiger partial charge in [-0.25, -0.2) is 8.42 Å². The minimum Gasteiger partial charge on any atom is -0.375 e. The van der Waals surface area contributed by atoms with Crippen LogP contribution in [0.5, 0.6) is 0 Å². The molecule has 2 aliphatic carbocycles. The molecular weight excluding hydrogens is 498 g/mol. The van der Waals surface area contributed by atoms with Crippen molar-refractivity contribution in [3.05, 3.63) is 23.8 Å². The summed E-state index contributed by atoms with van der Waals surface area (Å²) < 4.78 is 112. The fourth-order valence-electron chi connectivity index (χ4n) is 5.38. The summed E-state index contributed by atoms with van der Waals surface area (Å²) in [6.07, 6.45) is -4.48. The predicted octanol–water partition coefficient (Wildman–Crippen LogP) is 5.04. The lowest BCUT2D eigenvalue weighted by atomic mass is 10.1. The molecule has 5 nitrogen and oxygen atoms in total. The van der Waals surface area contributed by atoms with Gasteiger partial charge in [-0.05, 0) is 50.3 Å². The first kappa shape index (κ1) is 26.5. The smallest absolute Gasteiger partial charge is 0.375 e. The highest BCUT2D eigenvalue weighted by atomic mass is 32.2. The Hall–Kier alpha value is -1.53. The van der Waals surface area contributed by atoms with Crippen LogP contribution in [0.1, 0.15) is 50.5 Å². The van der Waals surface area contributed by atoms with Crippen LogP contribution in [0.15, 0.2) is 23.1 Å². The number of alkyl halides is 6. The SMILES string of the molecule is O=S(=O)(c1ccc(N2CCN(CC(F)(F)F)CC2)cc1C(F)(F)F)[C@@H]1CC[C@H](OC2CCCC2)C1. The molecule has 0 radical (unpaired) electrons. The fourth-order valence-corrected chi connectivity index (χ4v) is 7.40. The van der Waals surface area contributed by atoms with Crippen molar-refractivity contribution in [1.82, 2.24) is 4.90 Å². The standard InChI is InChI=1S/C23H30F6N2O3S/c24-22(25,26)15-30-9-11-31(12-10-30)16-5-8-21(20(13-16)23(27,28)29)35(32,33)19-7-6-18(14-19)34-17-3-1-2-4-17/h5,8,13,17-19H,1-4,6-7,9-12,14-15H2/t18-,19+/m0/s1. The van der Waals surface area contributed by atoms with Gasteiger partial charge < -0.3 is 9.64 Å². The highest BCUT2D eigenvalue weighted by Crippen LogP contribution is 2.41. The third-order valence-electron chi connectivity index (χ3n) is 7.18. The molecule has 0 spiro atoms. The molecule has 0 bridgehead atoms. The molecule has 4 rings (SSSR count). The number of hydrogen-bond acceptors (Lipinski definition) is 5. The minimum absolute atomic E-state index is 0.0470. The van der Waals surface area contributed by atoms with E-state index >= 15 is 0 Å². The largest absolute Gasteiger partial charge is 0.417 e. The summed E-state index contributed by atoms with van der Waals surface area (Å²) >= 11 is 0. The third-order valence-corrected chi connectivity index (χ3v) is 9.45. The molecule has 1 aliphatic heterocycles. The molecule has 0 N–H and O–H groups in total. The Morgan fingerprint density at radius 2 is 1.54 bits per heavy atom. The maximum atomic E-state index is 14.0. The molecule has 0 aromatic heterocycles. The number of anilines is 1. The number of sulfone groups is 1. The van der Waals surface area contributed by atoms with Gasteiger partial charge in [-0.3, -0.25) is 4.90 Å². The van der Waals surface area contributed by atoms with E-state index in [1.165, 1.54) is 11.0 Å². The van der Waals surface area contributed by atoms with E-state index in [2.05, 4.69) is 0 Å². The van der Waals surface area contributed by atoms with Gasteiger partial charge in [0.05, 0.1) is 34.5 Å². The number of benzene rings is 1. The Labute approximate surface area is 201 Å². The molecule has 198 valence electrons. The Kier molecular flexibility index (Phi) is 7.64. The van der Waals surface area contributed by atoms with Crippen molar-refractivity contribution >= 4 is 15.5 Å². The van der Waals surface area contributed by atoms with Gasteiger partial charge in [0.25, 0.3) is 0 Å². The number of rotatable bonds is 6. The van der Waals surface area contributed by atoms with E-state index in [4.69, 9.17) is 4.74 Å². The zero-order chi connectivity index (χ0) is 25.4. The van der Waals surface area contributed by atoms with Crippen molar-refractivity contribution in [1.29, 1.82) is 0 Å². The molecule has 1 aromatic carbocycles. The molecule has 1 saturated heterocycles. The molecular formula is C23H30F6N2O3S. The zero-order valence-electron chi connectivity index (χ0n) is 19.2. The second kappa shape index (κ2) is 10.1. The van der Waals surface area contributed by atoms with Gasteiger partial charge in [-0.15, -0.1) is 0 Å². The summed E-state index contributed by atoms with van der Waals surface area (Å²) in [5, 5.41) is -0.938. The molecule has 1 aromatic rings. The lowest BCUT2D eigenvalue weighted by Crippen LogP contribution is -2.49. The minimum atomic E-state index is -4.89. The summed E-state index contributed by atoms with van der Waals surface area (Å²) in [5.74, 6) is 0. The van der Waals surface area contributed by atoms with Crippen LogP contribution in [0.3, 0.4) is 0 Å². The van der Waals surface area contributed by atoms with E-state index in [0.717, 1.165) is 37.8 Å². The van der Waals surface area contributed by atoms with Crippen molar-refractivity contribution in [2.24, 2.45) is 0 Å². The van der Waals surface area contributed by atoms with E-state index in [-0.39, 0.29) is 56.9 Å². The van der Waals surface area contributed by atoms with Gasteiger partial charge in [-0.2, -0.15) is 26.3 Å². The molecule has 0 amide bonds. The van der Waals surface area contributed by atoms with Gasteiger partial charge in [-0.1, -0.05) is 12.8 Å². The number of hydrogen-bond donors (Lipinski definition) is 0. The van der Waals surface area contributed by atoms with E-state index in [1.807, 2.05) is 0 Å². The van der Waals surface area contributed by atoms with Gasteiger partial charge in [0, 0.05) is 31.9 Å². The summed E-state index contributed by atoms with van der Waals surface area (Å²) in [6, 6.07) is 3.14. The van der Waals surface area contributed by atoms with E-state index in [9.17, 15) is 34.8 Å². The van der Waals surface area contributed by atoms with Crippen LogP contribution in [0, 0.1) is 0 Å². The third kappa shape index (κ3) is 6.43. The summed E-state index contributed by atoms with van der Waals surface area (Å²) in [4.78, 5) is 2.01. The second-order valence-corrected chi connectivity index (χ2v) is 11.9. The Morgan fingerprint density at radius 1 is 0.886 bits per heavy atom. The lowest BCUT2D eigenvalue weighted by molar-refractivity contribution is -0.146. The molecule has 12 heteroatoms. The second-order valence-electron chi connectivity index (χ2n) is 9.70. The zero-order valence-corrected chi connectivity index (χ0v) is 20.1. The van der Waals surface area contributed by atoms with Crippen LogP contribution in [0.4, 0.5) is 32.0 Å². The summed E-state index contributed by atoms with van der Waals surface area (Å²) in [5.41, 5.74) is -1.08. The van der Waals surface area contributed by atoms with Crippen molar-refractivity contribution in [2.45, 2.75) is 79.7 Å². The fraction of sp³-hybridized carbons (Fsp3) is 0.739. The van der Waals surface area contributed by atoms with E-state index < -0.39 is 44.4 Å². The van der Waals surface area contributed by atoms with Crippen molar-refractivity contribution in [3.8, 4) is 0 Å². The van der Waals surface area contributed by atoms with Crippen LogP contribution >= 0.6 is 0 Å². The predicted molar refractivity (Wildman–Crippen MR) is 118 cm³/mol. The first-order valence-electron chi connectivity index (χ1n) is 12.0. The number of ether oxygens (including phenoxy) is 1. The quantitative estimate of drug-likeness (QED) is 0.484. The Morgan fingerprint density at radius 3 is 2.14 bits per heavy atom. The lowest BCUT2D eigenvalue weighted by Gasteiger charge is -2.36. The van der Waals surface area contributed by atoms with Crippen molar-refractivity contribution in [2.75, 3.05) is 37.6 Å². The van der Waals surface area contributed by atoms with E-state index in [0.29, 0.717) is 6.42 Å². The van der Waals surface area contributed by atoms with Crippen molar-refractivity contribution < 1.29 is 39.5 Å². The number of halogens is 6. The highest BCUT2D eigenvalue weighted by molar-refractivity contribution is 7.92. The monoisotopic (exact) mass is 528 g/mol. The first-order chi connectivity index (χ1) is 16.3. The maximum absolute atomic E-state index is 14.0. The normalized spacial score (nSPS) is 25.5. The molecule has 2 atom stereocenters. The van der Waals surface area contributed by atoms with Crippen LogP contribution in [0.25, 0.3) is 0 Å². The van der Waals surface area contributed by atoms with Gasteiger partial charge in [0.15, 0.2) is 9.84 Å². The molecule has 1 heterocycles. The first-order valence-corrected chi connectivity index (χ1v) is 13.5. The highest BCUT2D eigenvalue weighted by Gasteiger charge is 2.43. The number of piperazine rings is 1. The molecule has 0 unspecified atom stereocenters. The van der Waals surface area contributed by atoms with Crippen LogP contribution < -0.4 is 4.90 Å². The Bertz CT molecular complexity index is 984. The van der Waals surface area contributed by atoms with Crippen LogP contribution in [0.2, 0.25) is 0 Å². The van der Waals surface area contributed by atoms with Crippen LogP contribution in [-0.2, 0) is 20.8 Å². The van der Waals surface area contributed by atoms with Gasteiger partial charge in [0.1, 0.15) is 0 Å². The van der Waals surface area contributed by atoms with Gasteiger partial charge in [0.2, 0.25) is 0 Å².